The van der Waals surface area contributed by atoms with Gasteiger partial charge in [-0.1, -0.05) is 12.1 Å². The lowest BCUT2D eigenvalue weighted by molar-refractivity contribution is -0.114. The lowest BCUT2D eigenvalue weighted by Crippen LogP contribution is -2.08. The van der Waals surface area contributed by atoms with Gasteiger partial charge in [0.1, 0.15) is 5.58 Å². The molecule has 16 heavy (non-hydrogen) atoms. The summed E-state index contributed by atoms with van der Waals surface area (Å²) in [7, 11) is 0. The summed E-state index contributed by atoms with van der Waals surface area (Å²) in [6.07, 6.45) is 0. The van der Waals surface area contributed by atoms with Gasteiger partial charge < -0.3 is 9.73 Å². The van der Waals surface area contributed by atoms with Crippen LogP contribution in [0.25, 0.3) is 11.0 Å². The van der Waals surface area contributed by atoms with Crippen LogP contribution >= 0.6 is 0 Å². The molecule has 1 N–H and O–H groups in total. The normalized spacial score (nSPS) is 10.4. The average molecular weight is 217 g/mol. The minimum absolute atomic E-state index is 0.191. The molecule has 4 nitrogen and oxygen atoms in total. The molecule has 0 unspecified atom stereocenters. The van der Waals surface area contributed by atoms with Crippen LogP contribution in [0.5, 0.6) is 0 Å². The highest BCUT2D eigenvalue weighted by molar-refractivity contribution is 6.10. The van der Waals surface area contributed by atoms with Crippen molar-refractivity contribution >= 4 is 28.3 Å². The van der Waals surface area contributed by atoms with Crippen LogP contribution in [0.15, 0.2) is 28.7 Å². The second-order valence-corrected chi connectivity index (χ2v) is 3.54. The number of carbonyl (C=O) groups excluding carboxylic acids is 2. The number of hydrogen-bond acceptors (Lipinski definition) is 3. The Labute approximate surface area is 92.2 Å². The molecule has 1 aromatic carbocycles. The smallest absolute Gasteiger partial charge is 0.221 e. The molecule has 0 saturated heterocycles. The molecule has 2 rings (SSSR count). The molecule has 4 heteroatoms. The third kappa shape index (κ3) is 1.69. The van der Waals surface area contributed by atoms with Crippen LogP contribution in [0.1, 0.15) is 24.4 Å². The predicted molar refractivity (Wildman–Crippen MR) is 60.5 cm³/mol. The molecule has 0 aliphatic heterocycles. The Morgan fingerprint density at radius 3 is 2.50 bits per heavy atom. The van der Waals surface area contributed by atoms with E-state index in [2.05, 4.69) is 5.32 Å². The molecule has 0 atom stereocenters. The van der Waals surface area contributed by atoms with Crippen LogP contribution in [-0.4, -0.2) is 11.7 Å². The second kappa shape index (κ2) is 3.81. The van der Waals surface area contributed by atoms with Crippen molar-refractivity contribution in [2.24, 2.45) is 0 Å². The first-order valence-corrected chi connectivity index (χ1v) is 4.89. The third-order valence-corrected chi connectivity index (χ3v) is 2.22. The summed E-state index contributed by atoms with van der Waals surface area (Å²) in [4.78, 5) is 22.4. The summed E-state index contributed by atoms with van der Waals surface area (Å²) in [6, 6.07) is 7.20. The van der Waals surface area contributed by atoms with Crippen LogP contribution in [-0.2, 0) is 4.79 Å². The molecular weight excluding hydrogens is 206 g/mol. The number of ketones is 1. The summed E-state index contributed by atoms with van der Waals surface area (Å²) < 4.78 is 5.40. The Morgan fingerprint density at radius 2 is 1.88 bits per heavy atom. The topological polar surface area (TPSA) is 59.3 Å². The van der Waals surface area contributed by atoms with Gasteiger partial charge in [-0.25, -0.2) is 0 Å². The Bertz CT molecular complexity index is 569. The van der Waals surface area contributed by atoms with Gasteiger partial charge in [-0.2, -0.15) is 0 Å². The number of nitrogens with one attached hydrogen (secondary N) is 1. The highest BCUT2D eigenvalue weighted by Gasteiger charge is 2.17. The first-order valence-electron chi connectivity index (χ1n) is 4.89. The van der Waals surface area contributed by atoms with Crippen molar-refractivity contribution in [1.29, 1.82) is 0 Å². The summed E-state index contributed by atoms with van der Waals surface area (Å²) in [5.74, 6) is -0.245. The van der Waals surface area contributed by atoms with Crippen molar-refractivity contribution < 1.29 is 14.0 Å². The Kier molecular flexibility index (Phi) is 2.48. The van der Waals surface area contributed by atoms with Crippen LogP contribution < -0.4 is 5.32 Å². The fourth-order valence-corrected chi connectivity index (χ4v) is 1.59. The Morgan fingerprint density at radius 1 is 1.19 bits per heavy atom. The predicted octanol–water partition coefficient (Wildman–Crippen LogP) is 2.59. The molecule has 1 aromatic heterocycles. The molecule has 0 aliphatic carbocycles. The zero-order chi connectivity index (χ0) is 11.7. The molecule has 0 bridgehead atoms. The summed E-state index contributed by atoms with van der Waals surface area (Å²) in [5.41, 5.74) is 1.05. The van der Waals surface area contributed by atoms with Crippen molar-refractivity contribution in [1.82, 2.24) is 0 Å². The Balaban J connectivity index is 2.69. The number of amides is 1. The van der Waals surface area contributed by atoms with E-state index in [4.69, 9.17) is 4.42 Å². The van der Waals surface area contributed by atoms with E-state index < -0.39 is 0 Å². The summed E-state index contributed by atoms with van der Waals surface area (Å²) >= 11 is 0. The van der Waals surface area contributed by atoms with Crippen molar-refractivity contribution in [3.8, 4) is 0 Å². The second-order valence-electron chi connectivity index (χ2n) is 3.54. The lowest BCUT2D eigenvalue weighted by atomic mass is 10.2. The van der Waals surface area contributed by atoms with Gasteiger partial charge in [-0.3, -0.25) is 9.59 Å². The zero-order valence-electron chi connectivity index (χ0n) is 9.03. The maximum absolute atomic E-state index is 11.4. The number of Topliss-reactive ketones (excluding diaryl/α,β-unsaturated/α-hetero) is 1. The van der Waals surface area contributed by atoms with Gasteiger partial charge in [0.25, 0.3) is 0 Å². The number of fused-ring (bicyclic) bond motifs is 1. The van der Waals surface area contributed by atoms with Gasteiger partial charge in [-0.05, 0) is 12.1 Å². The number of rotatable bonds is 2. The van der Waals surface area contributed by atoms with Crippen molar-refractivity contribution in [3.63, 3.8) is 0 Å². The molecule has 0 saturated carbocycles. The quantitative estimate of drug-likeness (QED) is 0.786. The summed E-state index contributed by atoms with van der Waals surface area (Å²) in [6.45, 7) is 2.80. The molecule has 0 spiro atoms. The monoisotopic (exact) mass is 217 g/mol. The standard InChI is InChI=1S/C12H11NO3/c1-7(14)12-11(13-8(2)15)9-5-3-4-6-10(9)16-12/h3-6H,1-2H3,(H,13,15). The minimum Gasteiger partial charge on any atom is -0.451 e. The van der Waals surface area contributed by atoms with Crippen LogP contribution in [0.4, 0.5) is 5.69 Å². The molecule has 1 heterocycles. The first-order chi connectivity index (χ1) is 7.59. The zero-order valence-corrected chi connectivity index (χ0v) is 9.03. The molecule has 0 aliphatic rings. The van der Waals surface area contributed by atoms with E-state index in [1.165, 1.54) is 13.8 Å². The third-order valence-electron chi connectivity index (χ3n) is 2.22. The number of para-hydroxylation sites is 1. The number of benzene rings is 1. The van der Waals surface area contributed by atoms with E-state index in [1.807, 2.05) is 12.1 Å². The van der Waals surface area contributed by atoms with E-state index in [9.17, 15) is 9.59 Å². The number of carbonyl (C=O) groups is 2. The molecular formula is C12H11NO3. The van der Waals surface area contributed by atoms with Crippen LogP contribution in [0, 0.1) is 0 Å². The van der Waals surface area contributed by atoms with E-state index >= 15 is 0 Å². The fourth-order valence-electron chi connectivity index (χ4n) is 1.59. The highest BCUT2D eigenvalue weighted by atomic mass is 16.3. The van der Waals surface area contributed by atoms with Gasteiger partial charge in [-0.15, -0.1) is 0 Å². The highest BCUT2D eigenvalue weighted by Crippen LogP contribution is 2.30. The van der Waals surface area contributed by atoms with Crippen molar-refractivity contribution in [2.75, 3.05) is 5.32 Å². The van der Waals surface area contributed by atoms with Crippen LogP contribution in [0.2, 0.25) is 0 Å². The largest absolute Gasteiger partial charge is 0.451 e. The van der Waals surface area contributed by atoms with Crippen molar-refractivity contribution in [3.05, 3.63) is 30.0 Å². The van der Waals surface area contributed by atoms with Crippen molar-refractivity contribution in [2.45, 2.75) is 13.8 Å². The SMILES string of the molecule is CC(=O)Nc1c(C(C)=O)oc2ccccc12. The van der Waals surface area contributed by atoms with Gasteiger partial charge in [0.2, 0.25) is 5.91 Å². The minimum atomic E-state index is -0.228. The molecule has 0 radical (unpaired) electrons. The maximum Gasteiger partial charge on any atom is 0.221 e. The van der Waals surface area contributed by atoms with Gasteiger partial charge in [0.15, 0.2) is 11.5 Å². The van der Waals surface area contributed by atoms with E-state index in [0.29, 0.717) is 11.3 Å². The number of anilines is 1. The number of hydrogen-bond donors (Lipinski definition) is 1. The maximum atomic E-state index is 11.4. The molecule has 0 fully saturated rings. The average Bonchev–Trinajstić information content (AvgIpc) is 2.57. The van der Waals surface area contributed by atoms with Gasteiger partial charge >= 0.3 is 0 Å². The van der Waals surface area contributed by atoms with Crippen LogP contribution in [0.3, 0.4) is 0 Å². The molecule has 2 aromatic rings. The fraction of sp³-hybridized carbons (Fsp3) is 0.167. The lowest BCUT2D eigenvalue weighted by Gasteiger charge is -2.00. The molecule has 82 valence electrons. The number of furan rings is 1. The van der Waals surface area contributed by atoms with E-state index in [-0.39, 0.29) is 17.5 Å². The molecule has 1 amide bonds. The first kappa shape index (κ1) is 10.4. The van der Waals surface area contributed by atoms with E-state index in [0.717, 1.165) is 5.39 Å². The Hall–Kier alpha value is -2.10. The van der Waals surface area contributed by atoms with Gasteiger partial charge in [0.05, 0.1) is 5.69 Å². The summed E-state index contributed by atoms with van der Waals surface area (Å²) in [5, 5.41) is 3.36. The van der Waals surface area contributed by atoms with Gasteiger partial charge in [0, 0.05) is 19.2 Å². The van der Waals surface area contributed by atoms with E-state index in [1.54, 1.807) is 12.1 Å².